The number of aromatic nitrogens is 2. The summed E-state index contributed by atoms with van der Waals surface area (Å²) in [6.45, 7) is 1.32. The summed E-state index contributed by atoms with van der Waals surface area (Å²) in [5, 5.41) is 12.0. The van der Waals surface area contributed by atoms with Gasteiger partial charge in [-0.25, -0.2) is 13.6 Å². The monoisotopic (exact) mass is 296 g/mol. The van der Waals surface area contributed by atoms with Crippen LogP contribution in [0.25, 0.3) is 6.08 Å². The highest BCUT2D eigenvalue weighted by Gasteiger charge is 2.13. The number of ether oxygens (including phenoxy) is 1. The van der Waals surface area contributed by atoms with Gasteiger partial charge in [-0.05, 0) is 23.8 Å². The van der Waals surface area contributed by atoms with Crippen LogP contribution in [0, 0.1) is 18.6 Å². The number of halogens is 2. The second-order valence-electron chi connectivity index (χ2n) is 4.00. The maximum absolute atomic E-state index is 13.7. The zero-order valence-electron chi connectivity index (χ0n) is 10.8. The van der Waals surface area contributed by atoms with Gasteiger partial charge in [0.05, 0.1) is 0 Å². The topological polar surface area (TPSA) is 85.5 Å². The van der Waals surface area contributed by atoms with E-state index in [1.807, 2.05) is 0 Å². The minimum Gasteiger partial charge on any atom is -0.479 e. The quantitative estimate of drug-likeness (QED) is 0.852. The second kappa shape index (κ2) is 6.12. The van der Waals surface area contributed by atoms with E-state index in [1.165, 1.54) is 0 Å². The summed E-state index contributed by atoms with van der Waals surface area (Å²) in [6, 6.07) is 1.92. The molecule has 0 unspecified atom stereocenters. The van der Waals surface area contributed by atoms with E-state index in [9.17, 15) is 13.6 Å². The van der Waals surface area contributed by atoms with Crippen LogP contribution in [0.2, 0.25) is 0 Å². The Morgan fingerprint density at radius 2 is 2.10 bits per heavy atom. The zero-order valence-corrected chi connectivity index (χ0v) is 10.8. The molecule has 0 aliphatic carbocycles. The van der Waals surface area contributed by atoms with Crippen molar-refractivity contribution >= 4 is 12.0 Å². The second-order valence-corrected chi connectivity index (χ2v) is 4.00. The maximum atomic E-state index is 13.7. The Morgan fingerprint density at radius 1 is 1.43 bits per heavy atom. The number of carboxylic acid groups (broad SMARTS) is 1. The summed E-state index contributed by atoms with van der Waals surface area (Å²) in [6.07, 6.45) is 1.84. The van der Waals surface area contributed by atoms with Gasteiger partial charge in [-0.3, -0.25) is 0 Å². The number of carboxylic acids is 1. The van der Waals surface area contributed by atoms with E-state index in [2.05, 4.69) is 10.1 Å². The average molecular weight is 296 g/mol. The van der Waals surface area contributed by atoms with Gasteiger partial charge in [-0.2, -0.15) is 4.98 Å². The summed E-state index contributed by atoms with van der Waals surface area (Å²) in [7, 11) is 0. The van der Waals surface area contributed by atoms with E-state index in [1.54, 1.807) is 6.92 Å². The molecule has 1 heterocycles. The minimum absolute atomic E-state index is 0.0650. The Bertz CT molecular complexity index is 674. The third-order valence-corrected chi connectivity index (χ3v) is 2.35. The van der Waals surface area contributed by atoms with Gasteiger partial charge in [0.15, 0.2) is 24.0 Å². The number of aliphatic carboxylic acids is 1. The van der Waals surface area contributed by atoms with Crippen LogP contribution in [0.1, 0.15) is 17.3 Å². The van der Waals surface area contributed by atoms with Crippen LogP contribution in [0.3, 0.4) is 0 Å². The molecule has 0 aliphatic rings. The van der Waals surface area contributed by atoms with Crippen molar-refractivity contribution in [3.8, 4) is 5.75 Å². The largest absolute Gasteiger partial charge is 0.479 e. The normalized spacial score (nSPS) is 11.0. The summed E-state index contributed by atoms with van der Waals surface area (Å²) in [5.74, 6) is -3.26. The van der Waals surface area contributed by atoms with Crippen LogP contribution < -0.4 is 4.74 Å². The Labute approximate surface area is 117 Å². The molecular weight excluding hydrogens is 286 g/mol. The van der Waals surface area contributed by atoms with Gasteiger partial charge in [0.25, 0.3) is 0 Å². The van der Waals surface area contributed by atoms with Gasteiger partial charge in [-0.1, -0.05) is 5.16 Å². The first-order valence-electron chi connectivity index (χ1n) is 5.77. The van der Waals surface area contributed by atoms with Gasteiger partial charge in [0.2, 0.25) is 11.7 Å². The third kappa shape index (κ3) is 3.85. The summed E-state index contributed by atoms with van der Waals surface area (Å²) < 4.78 is 37.1. The molecule has 0 amide bonds. The molecular formula is C13H10F2N2O4. The molecule has 0 saturated heterocycles. The highest BCUT2D eigenvalue weighted by atomic mass is 19.1. The van der Waals surface area contributed by atoms with Crippen molar-refractivity contribution in [1.29, 1.82) is 0 Å². The smallest absolute Gasteiger partial charge is 0.328 e. The number of aryl methyl sites for hydroxylation is 1. The van der Waals surface area contributed by atoms with Crippen molar-refractivity contribution in [3.05, 3.63) is 47.1 Å². The first-order chi connectivity index (χ1) is 9.95. The van der Waals surface area contributed by atoms with E-state index < -0.39 is 23.4 Å². The number of rotatable bonds is 5. The van der Waals surface area contributed by atoms with Gasteiger partial charge in [0.1, 0.15) is 0 Å². The first-order valence-corrected chi connectivity index (χ1v) is 5.77. The predicted molar refractivity (Wildman–Crippen MR) is 66.4 cm³/mol. The van der Waals surface area contributed by atoms with Gasteiger partial charge >= 0.3 is 5.97 Å². The van der Waals surface area contributed by atoms with Crippen molar-refractivity contribution < 1.29 is 27.9 Å². The van der Waals surface area contributed by atoms with Crippen LogP contribution in [0.5, 0.6) is 5.75 Å². The molecule has 0 bridgehead atoms. The summed E-state index contributed by atoms with van der Waals surface area (Å²) in [5.41, 5.74) is 0.0650. The number of carbonyl (C=O) groups is 1. The number of benzene rings is 1. The third-order valence-electron chi connectivity index (χ3n) is 2.35. The molecule has 0 saturated carbocycles. The number of hydrogen-bond donors (Lipinski definition) is 1. The molecule has 6 nitrogen and oxygen atoms in total. The Kier molecular flexibility index (Phi) is 4.27. The maximum Gasteiger partial charge on any atom is 0.328 e. The molecule has 2 rings (SSSR count). The van der Waals surface area contributed by atoms with Crippen molar-refractivity contribution in [1.82, 2.24) is 10.1 Å². The van der Waals surface area contributed by atoms with Crippen LogP contribution >= 0.6 is 0 Å². The van der Waals surface area contributed by atoms with Gasteiger partial charge in [-0.15, -0.1) is 0 Å². The molecule has 21 heavy (non-hydrogen) atoms. The van der Waals surface area contributed by atoms with Crippen LogP contribution in [-0.4, -0.2) is 21.2 Å². The van der Waals surface area contributed by atoms with Gasteiger partial charge in [0, 0.05) is 13.0 Å². The fraction of sp³-hybridized carbons (Fsp3) is 0.154. The van der Waals surface area contributed by atoms with Crippen LogP contribution in [-0.2, 0) is 11.4 Å². The van der Waals surface area contributed by atoms with E-state index >= 15 is 0 Å². The molecule has 1 aromatic heterocycles. The first kappa shape index (κ1) is 14.6. The number of nitrogens with zero attached hydrogens (tertiary/aromatic N) is 2. The molecule has 8 heteroatoms. The zero-order chi connectivity index (χ0) is 15.4. The molecule has 0 spiro atoms. The Morgan fingerprint density at radius 3 is 2.62 bits per heavy atom. The lowest BCUT2D eigenvalue weighted by Gasteiger charge is -2.07. The fourth-order valence-corrected chi connectivity index (χ4v) is 1.52. The van der Waals surface area contributed by atoms with E-state index in [0.717, 1.165) is 24.3 Å². The Hall–Kier alpha value is -2.77. The highest BCUT2D eigenvalue weighted by molar-refractivity contribution is 5.85. The highest BCUT2D eigenvalue weighted by Crippen LogP contribution is 2.24. The molecule has 1 N–H and O–H groups in total. The number of hydrogen-bond acceptors (Lipinski definition) is 5. The average Bonchev–Trinajstić information content (AvgIpc) is 2.81. The lowest BCUT2D eigenvalue weighted by atomic mass is 10.2. The van der Waals surface area contributed by atoms with E-state index in [0.29, 0.717) is 5.89 Å². The Balaban J connectivity index is 2.15. The van der Waals surface area contributed by atoms with Crippen molar-refractivity contribution in [2.75, 3.05) is 0 Å². The standard InChI is InChI=1S/C13H10F2N2O4/c1-7-16-11(17-21-7)6-20-13-9(14)4-8(5-10(13)15)2-3-12(18)19/h2-5H,6H2,1H3,(H,18,19). The van der Waals surface area contributed by atoms with Crippen molar-refractivity contribution in [3.63, 3.8) is 0 Å². The fourth-order valence-electron chi connectivity index (χ4n) is 1.52. The van der Waals surface area contributed by atoms with Gasteiger partial charge < -0.3 is 14.4 Å². The minimum atomic E-state index is -1.22. The molecule has 0 fully saturated rings. The van der Waals surface area contributed by atoms with E-state index in [-0.39, 0.29) is 18.0 Å². The van der Waals surface area contributed by atoms with Crippen molar-refractivity contribution in [2.45, 2.75) is 13.5 Å². The molecule has 0 radical (unpaired) electrons. The predicted octanol–water partition coefficient (Wildman–Crippen LogP) is 2.33. The van der Waals surface area contributed by atoms with Crippen LogP contribution in [0.15, 0.2) is 22.7 Å². The van der Waals surface area contributed by atoms with Crippen LogP contribution in [0.4, 0.5) is 8.78 Å². The molecule has 0 atom stereocenters. The SMILES string of the molecule is Cc1nc(COc2c(F)cc(C=CC(=O)O)cc2F)no1. The van der Waals surface area contributed by atoms with Crippen molar-refractivity contribution in [2.24, 2.45) is 0 Å². The lowest BCUT2D eigenvalue weighted by molar-refractivity contribution is -0.131. The molecule has 0 aliphatic heterocycles. The van der Waals surface area contributed by atoms with E-state index in [4.69, 9.17) is 14.4 Å². The lowest BCUT2D eigenvalue weighted by Crippen LogP contribution is -2.02. The molecule has 1 aromatic carbocycles. The molecule has 2 aromatic rings. The molecule has 110 valence electrons. The summed E-state index contributed by atoms with van der Waals surface area (Å²) in [4.78, 5) is 14.2. The summed E-state index contributed by atoms with van der Waals surface area (Å²) >= 11 is 0.